The van der Waals surface area contributed by atoms with Gasteiger partial charge in [0, 0.05) is 72.1 Å². The topological polar surface area (TPSA) is 9.86 Å². The molecule has 11 rings (SSSR count). The van der Waals surface area contributed by atoms with E-state index in [4.69, 9.17) is 0 Å². The number of benzene rings is 7. The molecular formula is C42H24N2S4. The lowest BCUT2D eigenvalue weighted by molar-refractivity contribution is 1.13. The first-order chi connectivity index (χ1) is 23.8. The van der Waals surface area contributed by atoms with E-state index in [-0.39, 0.29) is 0 Å². The fraction of sp³-hybridized carbons (Fsp3) is 0. The zero-order chi connectivity index (χ0) is 31.3. The van der Waals surface area contributed by atoms with Crippen molar-refractivity contribution in [2.75, 3.05) is 0 Å². The molecule has 2 aliphatic rings. The highest BCUT2D eigenvalue weighted by molar-refractivity contribution is 8.05. The molecule has 9 aromatic rings. The predicted octanol–water partition coefficient (Wildman–Crippen LogP) is 13.1. The van der Waals surface area contributed by atoms with Crippen LogP contribution in [0.25, 0.3) is 55.0 Å². The molecule has 0 radical (unpaired) electrons. The van der Waals surface area contributed by atoms with Gasteiger partial charge in [0.15, 0.2) is 0 Å². The maximum absolute atomic E-state index is 2.44. The average Bonchev–Trinajstić information content (AvgIpc) is 3.67. The quantitative estimate of drug-likeness (QED) is 0.179. The van der Waals surface area contributed by atoms with Crippen LogP contribution in [0.5, 0.6) is 0 Å². The molecule has 48 heavy (non-hydrogen) atoms. The number of aromatic nitrogens is 2. The second-order valence-electron chi connectivity index (χ2n) is 12.1. The number of para-hydroxylation sites is 2. The van der Waals surface area contributed by atoms with Crippen molar-refractivity contribution >= 4 is 90.7 Å². The van der Waals surface area contributed by atoms with Crippen molar-refractivity contribution in [1.29, 1.82) is 0 Å². The van der Waals surface area contributed by atoms with Gasteiger partial charge in [-0.15, -0.1) is 0 Å². The van der Waals surface area contributed by atoms with Gasteiger partial charge in [-0.25, -0.2) is 0 Å². The number of fused-ring (bicyclic) bond motifs is 12. The van der Waals surface area contributed by atoms with Crippen LogP contribution in [0.1, 0.15) is 0 Å². The lowest BCUT2D eigenvalue weighted by Crippen LogP contribution is -1.98. The molecule has 0 N–H and O–H groups in total. The first-order valence-corrected chi connectivity index (χ1v) is 19.2. The molecule has 0 saturated heterocycles. The summed E-state index contributed by atoms with van der Waals surface area (Å²) in [5.41, 5.74) is 7.29. The normalized spacial score (nSPS) is 13.5. The van der Waals surface area contributed by atoms with Crippen LogP contribution in [-0.4, -0.2) is 9.13 Å². The van der Waals surface area contributed by atoms with Gasteiger partial charge in [-0.05, 0) is 84.9 Å². The van der Waals surface area contributed by atoms with E-state index in [0.717, 1.165) is 0 Å². The number of hydrogen-bond acceptors (Lipinski definition) is 4. The van der Waals surface area contributed by atoms with Crippen molar-refractivity contribution in [3.05, 3.63) is 146 Å². The van der Waals surface area contributed by atoms with Crippen LogP contribution in [0.4, 0.5) is 0 Å². The minimum atomic E-state index is 1.17. The summed E-state index contributed by atoms with van der Waals surface area (Å²) in [5, 5.41) is 5.27. The van der Waals surface area contributed by atoms with E-state index in [0.29, 0.717) is 0 Å². The van der Waals surface area contributed by atoms with E-state index in [1.807, 2.05) is 47.0 Å². The van der Waals surface area contributed by atoms with E-state index in [9.17, 15) is 0 Å². The maximum Gasteiger partial charge on any atom is 0.0553 e. The van der Waals surface area contributed by atoms with Crippen molar-refractivity contribution in [2.45, 2.75) is 39.2 Å². The van der Waals surface area contributed by atoms with Gasteiger partial charge in [-0.3, -0.25) is 0 Å². The van der Waals surface area contributed by atoms with Crippen LogP contribution < -0.4 is 0 Å². The highest BCUT2D eigenvalue weighted by Crippen LogP contribution is 2.54. The number of nitrogens with zero attached hydrogens (tertiary/aromatic N) is 2. The Labute approximate surface area is 294 Å². The Morgan fingerprint density at radius 2 is 0.667 bits per heavy atom. The molecule has 2 nitrogen and oxygen atoms in total. The van der Waals surface area contributed by atoms with Gasteiger partial charge in [0.2, 0.25) is 0 Å². The van der Waals surface area contributed by atoms with Crippen molar-refractivity contribution < 1.29 is 0 Å². The Hall–Kier alpha value is -4.46. The molecule has 0 aliphatic carbocycles. The largest absolute Gasteiger partial charge is 0.309 e. The fourth-order valence-electron chi connectivity index (χ4n) is 7.38. The summed E-state index contributed by atoms with van der Waals surface area (Å²) in [6, 6.07) is 53.6. The minimum absolute atomic E-state index is 1.17. The van der Waals surface area contributed by atoms with Gasteiger partial charge in [-0.2, -0.15) is 0 Å². The second kappa shape index (κ2) is 10.5. The first kappa shape index (κ1) is 27.5. The summed E-state index contributed by atoms with van der Waals surface area (Å²) in [6.45, 7) is 0. The third-order valence-corrected chi connectivity index (χ3v) is 14.6. The predicted molar refractivity (Wildman–Crippen MR) is 204 cm³/mol. The van der Waals surface area contributed by atoms with Crippen LogP contribution >= 0.6 is 47.0 Å². The van der Waals surface area contributed by atoms with Crippen LogP contribution in [0.2, 0.25) is 0 Å². The molecule has 0 amide bonds. The second-order valence-corrected chi connectivity index (χ2v) is 16.4. The zero-order valence-corrected chi connectivity index (χ0v) is 28.6. The van der Waals surface area contributed by atoms with Crippen molar-refractivity contribution in [2.24, 2.45) is 0 Å². The minimum Gasteiger partial charge on any atom is -0.309 e. The summed E-state index contributed by atoms with van der Waals surface area (Å²) < 4.78 is 4.88. The van der Waals surface area contributed by atoms with Gasteiger partial charge in [0.1, 0.15) is 0 Å². The van der Waals surface area contributed by atoms with E-state index in [1.165, 1.54) is 94.2 Å². The van der Waals surface area contributed by atoms with E-state index < -0.39 is 0 Å². The third kappa shape index (κ3) is 3.95. The Morgan fingerprint density at radius 3 is 1.10 bits per heavy atom. The molecule has 0 unspecified atom stereocenters. The smallest absolute Gasteiger partial charge is 0.0553 e. The van der Waals surface area contributed by atoms with Crippen LogP contribution in [-0.2, 0) is 0 Å². The van der Waals surface area contributed by atoms with Crippen molar-refractivity contribution in [3.8, 4) is 11.4 Å². The lowest BCUT2D eigenvalue weighted by atomic mass is 10.1. The van der Waals surface area contributed by atoms with Gasteiger partial charge in [0.25, 0.3) is 0 Å². The molecule has 0 fully saturated rings. The van der Waals surface area contributed by atoms with Gasteiger partial charge < -0.3 is 9.13 Å². The number of hydrogen-bond donors (Lipinski definition) is 0. The monoisotopic (exact) mass is 684 g/mol. The summed E-state index contributed by atoms with van der Waals surface area (Å²) in [5.74, 6) is 0. The van der Waals surface area contributed by atoms with E-state index >= 15 is 0 Å². The highest BCUT2D eigenvalue weighted by Gasteiger charge is 2.25. The highest BCUT2D eigenvalue weighted by atomic mass is 32.2. The Kier molecular flexibility index (Phi) is 6.02. The molecular weight excluding hydrogens is 661 g/mol. The Balaban J connectivity index is 1.08. The molecule has 4 heterocycles. The molecule has 0 atom stereocenters. The van der Waals surface area contributed by atoms with Crippen molar-refractivity contribution in [1.82, 2.24) is 9.13 Å². The standard InChI is InChI=1S/C42H24N2S4/c1-3-11-29-27(9-1)39-31(21-23-37-41(39)47-35-15-7-5-13-33(35)45-37)43(29)25-17-19-26(20-18-25)44-30-12-4-2-10-28(30)40-32(44)22-24-38-42(40)48-36-16-8-6-14-34(36)46-38/h1-24H. The average molecular weight is 685 g/mol. The molecule has 0 saturated carbocycles. The molecule has 6 heteroatoms. The van der Waals surface area contributed by atoms with Gasteiger partial charge >= 0.3 is 0 Å². The van der Waals surface area contributed by atoms with Crippen molar-refractivity contribution in [3.63, 3.8) is 0 Å². The maximum atomic E-state index is 2.44. The Bertz CT molecular complexity index is 2600. The molecule has 226 valence electrons. The molecule has 0 bridgehead atoms. The molecule has 7 aromatic carbocycles. The number of rotatable bonds is 2. The molecule has 0 spiro atoms. The first-order valence-electron chi connectivity index (χ1n) is 15.9. The van der Waals surface area contributed by atoms with Crippen LogP contribution in [0.3, 0.4) is 0 Å². The third-order valence-electron chi connectivity index (χ3n) is 9.44. The van der Waals surface area contributed by atoms with E-state index in [1.54, 1.807) is 0 Å². The van der Waals surface area contributed by atoms with Gasteiger partial charge in [0.05, 0.1) is 22.1 Å². The van der Waals surface area contributed by atoms with Crippen LogP contribution in [0.15, 0.2) is 185 Å². The summed E-state index contributed by atoms with van der Waals surface area (Å²) in [6.07, 6.45) is 0. The summed E-state index contributed by atoms with van der Waals surface area (Å²) in [4.78, 5) is 10.7. The molecule has 2 aromatic heterocycles. The van der Waals surface area contributed by atoms with Gasteiger partial charge in [-0.1, -0.05) is 108 Å². The zero-order valence-electron chi connectivity index (χ0n) is 25.4. The molecule has 2 aliphatic heterocycles. The van der Waals surface area contributed by atoms with E-state index in [2.05, 4.69) is 155 Å². The van der Waals surface area contributed by atoms with Crippen LogP contribution in [0, 0.1) is 0 Å². The SMILES string of the molecule is c1ccc2c(c1)Sc1ccc3c(c1S2)c1ccccc1n3-c1ccc(-n2c3ccccc3c3c4c(ccc32)Sc2ccccc2S4)cc1. The lowest BCUT2D eigenvalue weighted by Gasteiger charge is -2.19. The summed E-state index contributed by atoms with van der Waals surface area (Å²) in [7, 11) is 0. The fourth-order valence-corrected chi connectivity index (χ4v) is 12.2. The Morgan fingerprint density at radius 1 is 0.292 bits per heavy atom. The summed E-state index contributed by atoms with van der Waals surface area (Å²) >= 11 is 7.57.